The summed E-state index contributed by atoms with van der Waals surface area (Å²) in [5.74, 6) is 0.210. The Labute approximate surface area is 179 Å². The number of esters is 1. The van der Waals surface area contributed by atoms with Crippen LogP contribution in [0.1, 0.15) is 38.4 Å². The zero-order chi connectivity index (χ0) is 22.0. The lowest BCUT2D eigenvalue weighted by atomic mass is 10.0. The summed E-state index contributed by atoms with van der Waals surface area (Å²) in [7, 11) is 4.43. The van der Waals surface area contributed by atoms with Gasteiger partial charge in [0.2, 0.25) is 11.5 Å². The number of Topliss-reactive ketones (excluding diaryl/α,β-unsaturated/α-hetero) is 1. The van der Waals surface area contributed by atoms with Gasteiger partial charge < -0.3 is 18.9 Å². The number of pyridine rings is 1. The van der Waals surface area contributed by atoms with E-state index in [9.17, 15) is 9.59 Å². The Kier molecular flexibility index (Phi) is 5.75. The predicted molar refractivity (Wildman–Crippen MR) is 114 cm³/mol. The van der Waals surface area contributed by atoms with Crippen LogP contribution in [0.2, 0.25) is 0 Å². The molecule has 1 aliphatic rings. The maximum absolute atomic E-state index is 13.0. The third kappa shape index (κ3) is 3.79. The average Bonchev–Trinajstić information content (AvgIpc) is 3.27. The molecule has 0 fully saturated rings. The maximum atomic E-state index is 13.0. The van der Waals surface area contributed by atoms with Crippen LogP contribution in [0.5, 0.6) is 17.2 Å². The van der Waals surface area contributed by atoms with E-state index < -0.39 is 12.6 Å². The first-order chi connectivity index (χ1) is 15.1. The van der Waals surface area contributed by atoms with Crippen molar-refractivity contribution in [3.63, 3.8) is 0 Å². The molecule has 0 saturated carbocycles. The molecule has 0 spiro atoms. The molecule has 3 aromatic rings. The van der Waals surface area contributed by atoms with Crippen LogP contribution in [0.3, 0.4) is 0 Å². The molecule has 2 aromatic carbocycles. The Morgan fingerprint density at radius 2 is 1.68 bits per heavy atom. The van der Waals surface area contributed by atoms with Crippen molar-refractivity contribution in [2.24, 2.45) is 0 Å². The van der Waals surface area contributed by atoms with Crippen LogP contribution in [0.15, 0.2) is 36.4 Å². The molecule has 31 heavy (non-hydrogen) atoms. The number of hydrogen-bond donors (Lipinski definition) is 0. The molecule has 0 atom stereocenters. The normalized spacial score (nSPS) is 12.4. The van der Waals surface area contributed by atoms with E-state index in [1.165, 1.54) is 33.5 Å². The van der Waals surface area contributed by atoms with Crippen molar-refractivity contribution < 1.29 is 28.5 Å². The van der Waals surface area contributed by atoms with E-state index in [2.05, 4.69) is 4.98 Å². The monoisotopic (exact) mass is 421 g/mol. The second-order valence-corrected chi connectivity index (χ2v) is 7.20. The minimum atomic E-state index is -0.516. The summed E-state index contributed by atoms with van der Waals surface area (Å²) in [4.78, 5) is 30.5. The molecule has 4 rings (SSSR count). The van der Waals surface area contributed by atoms with Gasteiger partial charge in [0.15, 0.2) is 18.1 Å². The summed E-state index contributed by atoms with van der Waals surface area (Å²) in [6.07, 6.45) is 2.56. The predicted octanol–water partition coefficient (Wildman–Crippen LogP) is 3.79. The zero-order valence-electron chi connectivity index (χ0n) is 17.7. The number of para-hydroxylation sites is 1. The van der Waals surface area contributed by atoms with E-state index in [0.717, 1.165) is 41.4 Å². The van der Waals surface area contributed by atoms with Crippen LogP contribution in [0.25, 0.3) is 10.9 Å². The van der Waals surface area contributed by atoms with Gasteiger partial charge in [-0.15, -0.1) is 0 Å². The van der Waals surface area contributed by atoms with Gasteiger partial charge in [-0.25, -0.2) is 4.79 Å². The molecule has 1 aromatic heterocycles. The van der Waals surface area contributed by atoms with E-state index in [1.807, 2.05) is 24.3 Å². The Morgan fingerprint density at radius 3 is 2.35 bits per heavy atom. The fourth-order valence-corrected chi connectivity index (χ4v) is 3.97. The highest BCUT2D eigenvalue weighted by Crippen LogP contribution is 2.38. The summed E-state index contributed by atoms with van der Waals surface area (Å²) < 4.78 is 21.3. The van der Waals surface area contributed by atoms with Crippen molar-refractivity contribution in [1.29, 1.82) is 0 Å². The molecule has 0 N–H and O–H groups in total. The topological polar surface area (TPSA) is 84.0 Å². The first-order valence-corrected chi connectivity index (χ1v) is 9.98. The van der Waals surface area contributed by atoms with E-state index in [1.54, 1.807) is 0 Å². The fraction of sp³-hybridized carbons (Fsp3) is 0.292. The standard InChI is InChI=1S/C24H23NO6/c1-28-20-11-14(12-21(29-2)23(20)30-3)19(26)13-31-24(27)22-15-7-4-5-9-17(15)25-18-10-6-8-16(18)22/h4-5,7,9,11-12H,6,8,10,13H2,1-3H3. The third-order valence-corrected chi connectivity index (χ3v) is 5.44. The van der Waals surface area contributed by atoms with Gasteiger partial charge in [0.1, 0.15) is 0 Å². The number of carbonyl (C=O) groups is 2. The van der Waals surface area contributed by atoms with E-state index in [4.69, 9.17) is 18.9 Å². The minimum Gasteiger partial charge on any atom is -0.493 e. The third-order valence-electron chi connectivity index (χ3n) is 5.44. The fourth-order valence-electron chi connectivity index (χ4n) is 3.97. The average molecular weight is 421 g/mol. The number of fused-ring (bicyclic) bond motifs is 2. The van der Waals surface area contributed by atoms with Crippen molar-refractivity contribution in [3.8, 4) is 17.2 Å². The largest absolute Gasteiger partial charge is 0.493 e. The summed E-state index contributed by atoms with van der Waals surface area (Å²) in [5.41, 5.74) is 3.42. The van der Waals surface area contributed by atoms with Gasteiger partial charge >= 0.3 is 5.97 Å². The number of rotatable bonds is 7. The van der Waals surface area contributed by atoms with Gasteiger partial charge in [-0.3, -0.25) is 9.78 Å². The minimum absolute atomic E-state index is 0.298. The second kappa shape index (κ2) is 8.63. The molecule has 7 heteroatoms. The van der Waals surface area contributed by atoms with Crippen molar-refractivity contribution in [2.75, 3.05) is 27.9 Å². The number of hydrogen-bond acceptors (Lipinski definition) is 7. The van der Waals surface area contributed by atoms with Gasteiger partial charge in [0.05, 0.1) is 32.4 Å². The summed E-state index contributed by atoms with van der Waals surface area (Å²) >= 11 is 0. The number of ether oxygens (including phenoxy) is 4. The molecule has 0 bridgehead atoms. The van der Waals surface area contributed by atoms with Gasteiger partial charge in [-0.1, -0.05) is 18.2 Å². The number of carbonyl (C=O) groups excluding carboxylic acids is 2. The van der Waals surface area contributed by atoms with Crippen molar-refractivity contribution in [1.82, 2.24) is 4.98 Å². The highest BCUT2D eigenvalue weighted by atomic mass is 16.5. The van der Waals surface area contributed by atoms with E-state index in [0.29, 0.717) is 28.4 Å². The van der Waals surface area contributed by atoms with Gasteiger partial charge in [-0.2, -0.15) is 0 Å². The molecule has 0 radical (unpaired) electrons. The summed E-state index contributed by atoms with van der Waals surface area (Å²) in [6, 6.07) is 10.6. The number of aromatic nitrogens is 1. The molecular weight excluding hydrogens is 398 g/mol. The van der Waals surface area contributed by atoms with Crippen LogP contribution >= 0.6 is 0 Å². The molecule has 1 heterocycles. The van der Waals surface area contributed by atoms with Crippen LogP contribution in [0.4, 0.5) is 0 Å². The number of ketones is 1. The zero-order valence-corrected chi connectivity index (χ0v) is 17.7. The van der Waals surface area contributed by atoms with Gasteiger partial charge in [0, 0.05) is 16.6 Å². The SMILES string of the molecule is COc1cc(C(=O)COC(=O)c2c3c(nc4ccccc24)CCC3)cc(OC)c1OC. The number of benzene rings is 2. The van der Waals surface area contributed by atoms with E-state index >= 15 is 0 Å². The summed E-state index contributed by atoms with van der Waals surface area (Å²) in [6.45, 7) is -0.400. The first kappa shape index (κ1) is 20.7. The molecule has 7 nitrogen and oxygen atoms in total. The van der Waals surface area contributed by atoms with Crippen molar-refractivity contribution >= 4 is 22.7 Å². The van der Waals surface area contributed by atoms with Crippen molar-refractivity contribution in [2.45, 2.75) is 19.3 Å². The Hall–Kier alpha value is -3.61. The molecule has 0 saturated heterocycles. The Balaban J connectivity index is 1.60. The molecule has 0 aliphatic heterocycles. The molecule has 1 aliphatic carbocycles. The number of methoxy groups -OCH3 is 3. The maximum Gasteiger partial charge on any atom is 0.339 e. The quantitative estimate of drug-likeness (QED) is 0.424. The smallest absolute Gasteiger partial charge is 0.339 e. The number of nitrogens with zero attached hydrogens (tertiary/aromatic N) is 1. The van der Waals surface area contributed by atoms with E-state index in [-0.39, 0.29) is 5.78 Å². The highest BCUT2D eigenvalue weighted by molar-refractivity contribution is 6.06. The van der Waals surface area contributed by atoms with Crippen LogP contribution in [0, 0.1) is 0 Å². The number of aryl methyl sites for hydroxylation is 1. The van der Waals surface area contributed by atoms with Gasteiger partial charge in [0.25, 0.3) is 0 Å². The van der Waals surface area contributed by atoms with Gasteiger partial charge in [-0.05, 0) is 43.0 Å². The Bertz CT molecular complexity index is 1150. The molecule has 160 valence electrons. The highest BCUT2D eigenvalue weighted by Gasteiger charge is 2.25. The Morgan fingerprint density at radius 1 is 0.968 bits per heavy atom. The molecule has 0 amide bonds. The second-order valence-electron chi connectivity index (χ2n) is 7.20. The lowest BCUT2D eigenvalue weighted by molar-refractivity contribution is 0.0475. The van der Waals surface area contributed by atoms with Crippen LogP contribution in [-0.2, 0) is 17.6 Å². The summed E-state index contributed by atoms with van der Waals surface area (Å²) in [5, 5.41) is 0.744. The molecular formula is C24H23NO6. The first-order valence-electron chi connectivity index (χ1n) is 9.98. The van der Waals surface area contributed by atoms with Crippen LogP contribution in [-0.4, -0.2) is 44.7 Å². The lowest BCUT2D eigenvalue weighted by Gasteiger charge is -2.14. The van der Waals surface area contributed by atoms with Crippen LogP contribution < -0.4 is 14.2 Å². The molecule has 0 unspecified atom stereocenters. The lowest BCUT2D eigenvalue weighted by Crippen LogP contribution is -2.16. The van der Waals surface area contributed by atoms with Crippen molar-refractivity contribution in [3.05, 3.63) is 58.8 Å².